The third-order valence-corrected chi connectivity index (χ3v) is 4.63. The lowest BCUT2D eigenvalue weighted by Crippen LogP contribution is -2.17. The van der Waals surface area contributed by atoms with Crippen LogP contribution >= 0.6 is 11.6 Å². The maximum atomic E-state index is 14.3. The number of hydrogen-bond acceptors (Lipinski definition) is 4. The zero-order chi connectivity index (χ0) is 18.6. The highest BCUT2D eigenvalue weighted by Crippen LogP contribution is 2.23. The fourth-order valence-electron chi connectivity index (χ4n) is 2.22. The fourth-order valence-corrected chi connectivity index (χ4v) is 2.92. The molecule has 0 aliphatic carbocycles. The summed E-state index contributed by atoms with van der Waals surface area (Å²) in [6.07, 6.45) is -1.53. The van der Waals surface area contributed by atoms with E-state index < -0.39 is 16.3 Å². The number of ether oxygens (including phenoxy) is 1. The number of nitrogens with zero attached hydrogens (tertiary/aromatic N) is 1. The number of halogens is 2. The molecule has 0 spiro atoms. The van der Waals surface area contributed by atoms with Crippen molar-refractivity contribution < 1.29 is 22.1 Å². The average molecular weight is 384 g/mol. The molecule has 0 radical (unpaired) electrons. The molecule has 0 saturated carbocycles. The minimum atomic E-state index is -4.35. The van der Waals surface area contributed by atoms with Crippen LogP contribution in [-0.2, 0) is 16.5 Å². The first-order valence-electron chi connectivity index (χ1n) is 7.24. The van der Waals surface area contributed by atoms with Gasteiger partial charge in [0.2, 0.25) is 0 Å². The maximum Gasteiger partial charge on any atom is 0.294 e. The van der Waals surface area contributed by atoms with Crippen molar-refractivity contribution in [1.82, 2.24) is 0 Å². The molecule has 2 aromatic carbocycles. The SMILES string of the molecule is Cc1ccc(S(=O)(=O)O)cc1C[C@@H](F)COc1ccc(Cl)cc1C#N. The second kappa shape index (κ2) is 7.83. The van der Waals surface area contributed by atoms with E-state index >= 15 is 0 Å². The van der Waals surface area contributed by atoms with Crippen molar-refractivity contribution in [3.05, 3.63) is 58.1 Å². The van der Waals surface area contributed by atoms with E-state index in [1.807, 2.05) is 6.07 Å². The molecule has 25 heavy (non-hydrogen) atoms. The monoisotopic (exact) mass is 383 g/mol. The summed E-state index contributed by atoms with van der Waals surface area (Å²) < 4.78 is 51.0. The summed E-state index contributed by atoms with van der Waals surface area (Å²) in [5, 5.41) is 9.40. The van der Waals surface area contributed by atoms with Gasteiger partial charge in [0.05, 0.1) is 10.5 Å². The first-order valence-corrected chi connectivity index (χ1v) is 9.06. The summed E-state index contributed by atoms with van der Waals surface area (Å²) in [5.74, 6) is 0.220. The van der Waals surface area contributed by atoms with Crippen LogP contribution in [0.15, 0.2) is 41.3 Å². The summed E-state index contributed by atoms with van der Waals surface area (Å²) in [4.78, 5) is -0.286. The van der Waals surface area contributed by atoms with E-state index in [1.165, 1.54) is 36.4 Å². The summed E-state index contributed by atoms with van der Waals surface area (Å²) in [7, 11) is -4.35. The Bertz CT molecular complexity index is 925. The van der Waals surface area contributed by atoms with E-state index in [4.69, 9.17) is 26.2 Å². The van der Waals surface area contributed by atoms with Gasteiger partial charge in [0, 0.05) is 11.4 Å². The van der Waals surface area contributed by atoms with E-state index in [2.05, 4.69) is 0 Å². The summed E-state index contributed by atoms with van der Waals surface area (Å²) in [6.45, 7) is 1.40. The second-order valence-electron chi connectivity index (χ2n) is 5.43. The minimum Gasteiger partial charge on any atom is -0.489 e. The van der Waals surface area contributed by atoms with Gasteiger partial charge in [0.15, 0.2) is 0 Å². The highest BCUT2D eigenvalue weighted by atomic mass is 35.5. The second-order valence-corrected chi connectivity index (χ2v) is 7.29. The van der Waals surface area contributed by atoms with Gasteiger partial charge in [-0.1, -0.05) is 17.7 Å². The number of benzene rings is 2. The molecule has 1 atom stereocenters. The molecule has 2 aromatic rings. The molecule has 0 aliphatic rings. The van der Waals surface area contributed by atoms with Crippen LogP contribution in [-0.4, -0.2) is 25.7 Å². The summed E-state index contributed by atoms with van der Waals surface area (Å²) in [5.41, 5.74) is 1.34. The largest absolute Gasteiger partial charge is 0.489 e. The van der Waals surface area contributed by atoms with Crippen molar-refractivity contribution in [3.8, 4) is 11.8 Å². The maximum absolute atomic E-state index is 14.3. The Labute approximate surface area is 150 Å². The van der Waals surface area contributed by atoms with Gasteiger partial charge >= 0.3 is 0 Å². The van der Waals surface area contributed by atoms with Crippen LogP contribution in [0.5, 0.6) is 5.75 Å². The zero-order valence-corrected chi connectivity index (χ0v) is 14.8. The number of rotatable bonds is 6. The predicted octanol–water partition coefficient (Wildman–Crippen LogP) is 3.73. The molecule has 132 valence electrons. The molecule has 1 N–H and O–H groups in total. The molecule has 2 rings (SSSR count). The Morgan fingerprint density at radius 2 is 2.04 bits per heavy atom. The van der Waals surface area contributed by atoms with E-state index in [9.17, 15) is 12.8 Å². The normalized spacial score (nSPS) is 12.4. The molecule has 0 unspecified atom stereocenters. The first kappa shape index (κ1) is 19.2. The molecular weight excluding hydrogens is 369 g/mol. The Morgan fingerprint density at radius 1 is 1.32 bits per heavy atom. The fraction of sp³-hybridized carbons (Fsp3) is 0.235. The van der Waals surface area contributed by atoms with Crippen LogP contribution in [0, 0.1) is 18.3 Å². The Hall–Kier alpha value is -2.14. The quantitative estimate of drug-likeness (QED) is 0.768. The van der Waals surface area contributed by atoms with Crippen LogP contribution in [0.3, 0.4) is 0 Å². The Morgan fingerprint density at radius 3 is 2.68 bits per heavy atom. The van der Waals surface area contributed by atoms with Gasteiger partial charge in [0.25, 0.3) is 10.1 Å². The van der Waals surface area contributed by atoms with Crippen molar-refractivity contribution in [2.24, 2.45) is 0 Å². The number of alkyl halides is 1. The van der Waals surface area contributed by atoms with Gasteiger partial charge in [-0.2, -0.15) is 13.7 Å². The van der Waals surface area contributed by atoms with Crippen LogP contribution in [0.25, 0.3) is 0 Å². The van der Waals surface area contributed by atoms with Gasteiger partial charge in [-0.25, -0.2) is 4.39 Å². The predicted molar refractivity (Wildman–Crippen MR) is 91.3 cm³/mol. The number of nitriles is 1. The lowest BCUT2D eigenvalue weighted by molar-refractivity contribution is 0.194. The van der Waals surface area contributed by atoms with Crippen LogP contribution in [0.2, 0.25) is 5.02 Å². The van der Waals surface area contributed by atoms with Crippen molar-refractivity contribution in [2.75, 3.05) is 6.61 Å². The molecular formula is C17H15ClFNO4S. The van der Waals surface area contributed by atoms with Gasteiger partial charge in [-0.05, 0) is 48.4 Å². The third-order valence-electron chi connectivity index (χ3n) is 3.54. The van der Waals surface area contributed by atoms with Crippen molar-refractivity contribution in [1.29, 1.82) is 5.26 Å². The van der Waals surface area contributed by atoms with Crippen LogP contribution < -0.4 is 4.74 Å². The topological polar surface area (TPSA) is 87.4 Å². The molecule has 0 amide bonds. The van der Waals surface area contributed by atoms with Crippen molar-refractivity contribution >= 4 is 21.7 Å². The molecule has 5 nitrogen and oxygen atoms in total. The smallest absolute Gasteiger partial charge is 0.294 e. The van der Waals surface area contributed by atoms with E-state index in [-0.39, 0.29) is 29.2 Å². The van der Waals surface area contributed by atoms with Gasteiger partial charge < -0.3 is 4.74 Å². The molecule has 0 heterocycles. The molecule has 0 saturated heterocycles. The van der Waals surface area contributed by atoms with E-state index in [0.29, 0.717) is 16.1 Å². The number of hydrogen-bond donors (Lipinski definition) is 1. The molecule has 0 bridgehead atoms. The van der Waals surface area contributed by atoms with E-state index in [0.717, 1.165) is 0 Å². The first-order chi connectivity index (χ1) is 11.7. The Balaban J connectivity index is 2.09. The van der Waals surface area contributed by atoms with Crippen LogP contribution in [0.1, 0.15) is 16.7 Å². The van der Waals surface area contributed by atoms with Crippen molar-refractivity contribution in [3.63, 3.8) is 0 Å². The van der Waals surface area contributed by atoms with Gasteiger partial charge in [0.1, 0.15) is 24.6 Å². The standard InChI is InChI=1S/C17H15ClFNO4S/c1-11-2-4-16(25(21,22)23)8-12(11)7-15(19)10-24-17-5-3-14(18)6-13(17)9-20/h2-6,8,15H,7,10H2,1H3,(H,21,22,23)/t15-/m1/s1. The third kappa shape index (κ3) is 5.16. The average Bonchev–Trinajstić information content (AvgIpc) is 2.54. The molecule has 0 aliphatic heterocycles. The highest BCUT2D eigenvalue weighted by molar-refractivity contribution is 7.85. The zero-order valence-electron chi connectivity index (χ0n) is 13.2. The summed E-state index contributed by atoms with van der Waals surface area (Å²) >= 11 is 5.78. The molecule has 0 fully saturated rings. The number of aryl methyl sites for hydroxylation is 1. The van der Waals surface area contributed by atoms with Gasteiger partial charge in [-0.15, -0.1) is 0 Å². The molecule has 0 aromatic heterocycles. The Kier molecular flexibility index (Phi) is 6.01. The minimum absolute atomic E-state index is 0.0926. The summed E-state index contributed by atoms with van der Waals surface area (Å²) in [6, 6.07) is 10.3. The van der Waals surface area contributed by atoms with Crippen molar-refractivity contribution in [2.45, 2.75) is 24.4 Å². The van der Waals surface area contributed by atoms with Gasteiger partial charge in [-0.3, -0.25) is 4.55 Å². The lowest BCUT2D eigenvalue weighted by Gasteiger charge is -2.13. The van der Waals surface area contributed by atoms with Crippen LogP contribution in [0.4, 0.5) is 4.39 Å². The highest BCUT2D eigenvalue weighted by Gasteiger charge is 2.16. The molecule has 8 heteroatoms. The lowest BCUT2D eigenvalue weighted by atomic mass is 10.0. The van der Waals surface area contributed by atoms with E-state index in [1.54, 1.807) is 6.92 Å².